The highest BCUT2D eigenvalue weighted by molar-refractivity contribution is 5.77. The average Bonchev–Trinajstić information content (AvgIpc) is 2.32. The van der Waals surface area contributed by atoms with Crippen molar-refractivity contribution in [3.8, 4) is 0 Å². The molecular formula is C13H21N3O. The van der Waals surface area contributed by atoms with Crippen molar-refractivity contribution in [2.45, 2.75) is 19.9 Å². The van der Waals surface area contributed by atoms with Crippen LogP contribution in [0.2, 0.25) is 0 Å². The van der Waals surface area contributed by atoms with Gasteiger partial charge < -0.3 is 11.1 Å². The minimum atomic E-state index is 0.0499. The van der Waals surface area contributed by atoms with Gasteiger partial charge in [0.2, 0.25) is 5.91 Å². The normalized spacial score (nSPS) is 10.5. The van der Waals surface area contributed by atoms with Crippen LogP contribution in [-0.2, 0) is 11.3 Å². The lowest BCUT2D eigenvalue weighted by atomic mass is 10.2. The Bertz CT molecular complexity index is 348. The van der Waals surface area contributed by atoms with Gasteiger partial charge >= 0.3 is 0 Å². The Hall–Kier alpha value is -1.55. The van der Waals surface area contributed by atoms with Gasteiger partial charge in [-0.3, -0.25) is 9.69 Å². The molecule has 0 aliphatic heterocycles. The predicted octanol–water partition coefficient (Wildman–Crippen LogP) is 1.23. The van der Waals surface area contributed by atoms with E-state index < -0.39 is 0 Å². The number of carbonyl (C=O) groups is 1. The fraction of sp³-hybridized carbons (Fsp3) is 0.462. The monoisotopic (exact) mass is 235 g/mol. The highest BCUT2D eigenvalue weighted by atomic mass is 16.1. The number of amides is 1. The first-order chi connectivity index (χ1) is 8.15. The van der Waals surface area contributed by atoms with E-state index in [0.29, 0.717) is 6.54 Å². The second-order valence-electron chi connectivity index (χ2n) is 4.13. The Morgan fingerprint density at radius 1 is 1.35 bits per heavy atom. The SMILES string of the molecule is CCCN(CC(=O)NC)Cc1ccc(N)cc1. The molecule has 1 amide bonds. The quantitative estimate of drug-likeness (QED) is 0.729. The molecule has 0 unspecified atom stereocenters. The number of carbonyl (C=O) groups excluding carboxylic acids is 1. The standard InChI is InChI=1S/C13H21N3O/c1-3-8-16(10-13(17)15-2)9-11-4-6-12(14)7-5-11/h4-7H,3,8-10,14H2,1-2H3,(H,15,17). The fourth-order valence-corrected chi connectivity index (χ4v) is 1.69. The first-order valence-electron chi connectivity index (χ1n) is 5.93. The van der Waals surface area contributed by atoms with Crippen molar-refractivity contribution in [2.24, 2.45) is 0 Å². The summed E-state index contributed by atoms with van der Waals surface area (Å²) in [4.78, 5) is 13.5. The molecule has 4 nitrogen and oxygen atoms in total. The number of hydrogen-bond acceptors (Lipinski definition) is 3. The first-order valence-corrected chi connectivity index (χ1v) is 5.93. The van der Waals surface area contributed by atoms with Crippen LogP contribution in [-0.4, -0.2) is 30.9 Å². The maximum Gasteiger partial charge on any atom is 0.233 e. The average molecular weight is 235 g/mol. The molecule has 1 aromatic carbocycles. The summed E-state index contributed by atoms with van der Waals surface area (Å²) in [6.45, 7) is 4.24. The van der Waals surface area contributed by atoms with Crippen molar-refractivity contribution in [1.82, 2.24) is 10.2 Å². The van der Waals surface area contributed by atoms with E-state index in [0.717, 1.165) is 25.2 Å². The predicted molar refractivity (Wildman–Crippen MR) is 70.5 cm³/mol. The minimum Gasteiger partial charge on any atom is -0.399 e. The van der Waals surface area contributed by atoms with Crippen molar-refractivity contribution in [3.05, 3.63) is 29.8 Å². The van der Waals surface area contributed by atoms with Crippen LogP contribution in [0.1, 0.15) is 18.9 Å². The Morgan fingerprint density at radius 2 is 2.00 bits per heavy atom. The highest BCUT2D eigenvalue weighted by Gasteiger charge is 2.09. The molecule has 0 bridgehead atoms. The summed E-state index contributed by atoms with van der Waals surface area (Å²) in [5, 5.41) is 2.65. The van der Waals surface area contributed by atoms with Gasteiger partial charge in [0, 0.05) is 19.3 Å². The molecule has 0 aliphatic carbocycles. The highest BCUT2D eigenvalue weighted by Crippen LogP contribution is 2.08. The second-order valence-corrected chi connectivity index (χ2v) is 4.13. The van der Waals surface area contributed by atoms with Crippen LogP contribution in [0.15, 0.2) is 24.3 Å². The zero-order valence-electron chi connectivity index (χ0n) is 10.6. The summed E-state index contributed by atoms with van der Waals surface area (Å²) in [5.74, 6) is 0.0499. The molecule has 3 N–H and O–H groups in total. The number of rotatable bonds is 6. The first kappa shape index (κ1) is 13.5. The van der Waals surface area contributed by atoms with Gasteiger partial charge in [-0.25, -0.2) is 0 Å². The van der Waals surface area contributed by atoms with Crippen molar-refractivity contribution in [2.75, 3.05) is 25.9 Å². The second kappa shape index (κ2) is 6.91. The van der Waals surface area contributed by atoms with Crippen LogP contribution >= 0.6 is 0 Å². The van der Waals surface area contributed by atoms with Gasteiger partial charge in [-0.2, -0.15) is 0 Å². The molecule has 0 fully saturated rings. The molecule has 0 heterocycles. The molecule has 0 saturated carbocycles. The van der Waals surface area contributed by atoms with Crippen molar-refractivity contribution in [1.29, 1.82) is 0 Å². The summed E-state index contributed by atoms with van der Waals surface area (Å²) in [5.41, 5.74) is 7.58. The number of nitrogens with zero attached hydrogens (tertiary/aromatic N) is 1. The number of likely N-dealkylation sites (N-methyl/N-ethyl adjacent to an activating group) is 1. The van der Waals surface area contributed by atoms with E-state index in [4.69, 9.17) is 5.73 Å². The van der Waals surface area contributed by atoms with Crippen molar-refractivity contribution in [3.63, 3.8) is 0 Å². The molecule has 1 rings (SSSR count). The van der Waals surface area contributed by atoms with E-state index in [1.165, 1.54) is 5.56 Å². The number of anilines is 1. The Morgan fingerprint density at radius 3 is 2.53 bits per heavy atom. The molecule has 0 atom stereocenters. The number of benzene rings is 1. The van der Waals surface area contributed by atoms with Gasteiger partial charge in [0.1, 0.15) is 0 Å². The molecule has 0 saturated heterocycles. The van der Waals surface area contributed by atoms with Crippen LogP contribution in [0.3, 0.4) is 0 Å². The molecule has 0 spiro atoms. The smallest absolute Gasteiger partial charge is 0.233 e. The minimum absolute atomic E-state index is 0.0499. The molecule has 1 aromatic rings. The van der Waals surface area contributed by atoms with Gasteiger partial charge in [0.25, 0.3) is 0 Å². The molecule has 0 aliphatic rings. The summed E-state index contributed by atoms with van der Waals surface area (Å²) >= 11 is 0. The number of nitrogens with two attached hydrogens (primary N) is 1. The Kier molecular flexibility index (Phi) is 5.49. The molecule has 0 aromatic heterocycles. The van der Waals surface area contributed by atoms with E-state index >= 15 is 0 Å². The summed E-state index contributed by atoms with van der Waals surface area (Å²) < 4.78 is 0. The molecule has 17 heavy (non-hydrogen) atoms. The van der Waals surface area contributed by atoms with E-state index in [9.17, 15) is 4.79 Å². The number of nitrogen functional groups attached to an aromatic ring is 1. The lowest BCUT2D eigenvalue weighted by molar-refractivity contribution is -0.121. The lowest BCUT2D eigenvalue weighted by Gasteiger charge is -2.20. The number of hydrogen-bond donors (Lipinski definition) is 2. The van der Waals surface area contributed by atoms with Crippen LogP contribution in [0.25, 0.3) is 0 Å². The van der Waals surface area contributed by atoms with E-state index in [1.807, 2.05) is 24.3 Å². The maximum atomic E-state index is 11.4. The summed E-state index contributed by atoms with van der Waals surface area (Å²) in [6.07, 6.45) is 1.03. The Labute approximate surface area is 103 Å². The van der Waals surface area contributed by atoms with Gasteiger partial charge in [0.15, 0.2) is 0 Å². The van der Waals surface area contributed by atoms with E-state index in [-0.39, 0.29) is 5.91 Å². The van der Waals surface area contributed by atoms with E-state index in [1.54, 1.807) is 7.05 Å². The third kappa shape index (κ3) is 4.87. The number of nitrogens with one attached hydrogen (secondary N) is 1. The van der Waals surface area contributed by atoms with E-state index in [2.05, 4.69) is 17.1 Å². The largest absolute Gasteiger partial charge is 0.399 e. The zero-order chi connectivity index (χ0) is 12.7. The fourth-order valence-electron chi connectivity index (χ4n) is 1.69. The zero-order valence-corrected chi connectivity index (χ0v) is 10.6. The maximum absolute atomic E-state index is 11.4. The third-order valence-electron chi connectivity index (χ3n) is 2.57. The van der Waals surface area contributed by atoms with Gasteiger partial charge in [-0.15, -0.1) is 0 Å². The van der Waals surface area contributed by atoms with Gasteiger partial charge in [-0.1, -0.05) is 19.1 Å². The third-order valence-corrected chi connectivity index (χ3v) is 2.57. The summed E-state index contributed by atoms with van der Waals surface area (Å²) in [7, 11) is 1.66. The van der Waals surface area contributed by atoms with Gasteiger partial charge in [0.05, 0.1) is 6.54 Å². The Balaban J connectivity index is 2.59. The molecule has 0 radical (unpaired) electrons. The van der Waals surface area contributed by atoms with Crippen molar-refractivity contribution >= 4 is 11.6 Å². The van der Waals surface area contributed by atoms with Crippen LogP contribution in [0.4, 0.5) is 5.69 Å². The van der Waals surface area contributed by atoms with Crippen LogP contribution in [0, 0.1) is 0 Å². The van der Waals surface area contributed by atoms with Crippen LogP contribution in [0.5, 0.6) is 0 Å². The topological polar surface area (TPSA) is 58.4 Å². The molecule has 94 valence electrons. The summed E-state index contributed by atoms with van der Waals surface area (Å²) in [6, 6.07) is 7.78. The molecule has 4 heteroatoms. The van der Waals surface area contributed by atoms with Crippen molar-refractivity contribution < 1.29 is 4.79 Å². The lowest BCUT2D eigenvalue weighted by Crippen LogP contribution is -2.35. The molecular weight excluding hydrogens is 214 g/mol. The van der Waals surface area contributed by atoms with Crippen LogP contribution < -0.4 is 11.1 Å². The van der Waals surface area contributed by atoms with Gasteiger partial charge in [-0.05, 0) is 30.7 Å².